The summed E-state index contributed by atoms with van der Waals surface area (Å²) in [7, 11) is 0. The van der Waals surface area contributed by atoms with Crippen LogP contribution in [0.1, 0.15) is 19.8 Å². The molecule has 14 heavy (non-hydrogen) atoms. The summed E-state index contributed by atoms with van der Waals surface area (Å²) >= 11 is 3.84. The molecule has 0 aliphatic rings. The van der Waals surface area contributed by atoms with Gasteiger partial charge in [0.15, 0.2) is 0 Å². The van der Waals surface area contributed by atoms with E-state index in [1.54, 1.807) is 0 Å². The average Bonchev–Trinajstić information content (AvgIpc) is 2.63. The van der Waals surface area contributed by atoms with Crippen LogP contribution in [-0.4, -0.2) is 5.75 Å². The fourth-order valence-corrected chi connectivity index (χ4v) is 3.68. The summed E-state index contributed by atoms with van der Waals surface area (Å²) in [5.41, 5.74) is 0. The monoisotopic (exact) mass is 222 g/mol. The van der Waals surface area contributed by atoms with Crippen LogP contribution in [0.25, 0.3) is 10.1 Å². The third-order valence-electron chi connectivity index (χ3n) is 2.20. The van der Waals surface area contributed by atoms with E-state index in [4.69, 9.17) is 0 Å². The van der Waals surface area contributed by atoms with Crippen LogP contribution >= 0.6 is 23.1 Å². The van der Waals surface area contributed by atoms with Crippen molar-refractivity contribution in [2.75, 3.05) is 5.75 Å². The van der Waals surface area contributed by atoms with Crippen molar-refractivity contribution < 1.29 is 0 Å². The van der Waals surface area contributed by atoms with E-state index in [-0.39, 0.29) is 0 Å². The first-order chi connectivity index (χ1) is 6.92. The van der Waals surface area contributed by atoms with Crippen molar-refractivity contribution in [1.82, 2.24) is 0 Å². The Morgan fingerprint density at radius 1 is 1.29 bits per heavy atom. The van der Waals surface area contributed by atoms with Gasteiger partial charge < -0.3 is 0 Å². The minimum Gasteiger partial charge on any atom is -0.143 e. The molecule has 0 amide bonds. The molecule has 0 fully saturated rings. The zero-order chi connectivity index (χ0) is 9.80. The van der Waals surface area contributed by atoms with Crippen molar-refractivity contribution in [1.29, 1.82) is 0 Å². The highest BCUT2D eigenvalue weighted by Gasteiger charge is 2.02. The van der Waals surface area contributed by atoms with Crippen LogP contribution in [0, 0.1) is 0 Å². The summed E-state index contributed by atoms with van der Waals surface area (Å²) < 4.78 is 1.41. The van der Waals surface area contributed by atoms with E-state index in [2.05, 4.69) is 36.6 Å². The Balaban J connectivity index is 2.17. The van der Waals surface area contributed by atoms with Gasteiger partial charge >= 0.3 is 0 Å². The molecule has 2 aromatic rings. The maximum atomic E-state index is 2.28. The second-order valence-corrected chi connectivity index (χ2v) is 5.35. The fraction of sp³-hybridized carbons (Fsp3) is 0.333. The van der Waals surface area contributed by atoms with Gasteiger partial charge in [-0.05, 0) is 18.2 Å². The van der Waals surface area contributed by atoms with E-state index in [0.717, 1.165) is 0 Å². The third kappa shape index (κ3) is 2.12. The van der Waals surface area contributed by atoms with E-state index in [0.29, 0.717) is 0 Å². The minimum atomic E-state index is 1.25. The van der Waals surface area contributed by atoms with Crippen LogP contribution in [0.2, 0.25) is 0 Å². The lowest BCUT2D eigenvalue weighted by Gasteiger charge is -1.97. The molecule has 0 nitrogen and oxygen atoms in total. The summed E-state index contributed by atoms with van der Waals surface area (Å²) in [4.78, 5) is 1.46. The van der Waals surface area contributed by atoms with Crippen LogP contribution in [-0.2, 0) is 0 Å². The quantitative estimate of drug-likeness (QED) is 0.529. The lowest BCUT2D eigenvalue weighted by molar-refractivity contribution is 0.896. The van der Waals surface area contributed by atoms with Gasteiger partial charge in [0.05, 0.1) is 0 Å². The molecule has 0 aliphatic heterocycles. The number of thiophene rings is 1. The highest BCUT2D eigenvalue weighted by Crippen LogP contribution is 2.33. The molecule has 0 unspecified atom stereocenters. The highest BCUT2D eigenvalue weighted by atomic mass is 32.2. The topological polar surface area (TPSA) is 0 Å². The van der Waals surface area contributed by atoms with Crippen molar-refractivity contribution in [3.8, 4) is 0 Å². The first-order valence-corrected chi connectivity index (χ1v) is 6.87. The largest absolute Gasteiger partial charge is 0.143 e. The van der Waals surface area contributed by atoms with Crippen molar-refractivity contribution in [3.05, 3.63) is 29.6 Å². The Bertz CT molecular complexity index is 403. The van der Waals surface area contributed by atoms with Crippen molar-refractivity contribution in [2.24, 2.45) is 0 Å². The molecular weight excluding hydrogens is 208 g/mol. The highest BCUT2D eigenvalue weighted by molar-refractivity contribution is 7.99. The van der Waals surface area contributed by atoms with Gasteiger partial charge in [0.25, 0.3) is 0 Å². The second-order valence-electron chi connectivity index (χ2n) is 3.30. The van der Waals surface area contributed by atoms with Crippen molar-refractivity contribution in [3.63, 3.8) is 0 Å². The third-order valence-corrected chi connectivity index (χ3v) is 4.46. The summed E-state index contributed by atoms with van der Waals surface area (Å²) in [6.45, 7) is 2.24. The van der Waals surface area contributed by atoms with Gasteiger partial charge in [-0.3, -0.25) is 0 Å². The number of rotatable bonds is 4. The molecule has 1 heterocycles. The predicted molar refractivity (Wildman–Crippen MR) is 67.5 cm³/mol. The lowest BCUT2D eigenvalue weighted by Crippen LogP contribution is -1.76. The van der Waals surface area contributed by atoms with Crippen LogP contribution < -0.4 is 0 Å². The number of unbranched alkanes of at least 4 members (excludes halogenated alkanes) is 1. The summed E-state index contributed by atoms with van der Waals surface area (Å²) in [6.07, 6.45) is 2.60. The minimum absolute atomic E-state index is 1.25. The summed E-state index contributed by atoms with van der Waals surface area (Å²) in [5, 5.41) is 3.71. The van der Waals surface area contributed by atoms with E-state index in [1.807, 2.05) is 23.1 Å². The van der Waals surface area contributed by atoms with Crippen LogP contribution in [0.5, 0.6) is 0 Å². The number of benzene rings is 1. The van der Waals surface area contributed by atoms with Gasteiger partial charge in [0.2, 0.25) is 0 Å². The smallest absolute Gasteiger partial charge is 0.0354 e. The van der Waals surface area contributed by atoms with E-state index < -0.39 is 0 Å². The molecule has 2 heteroatoms. The molecule has 0 atom stereocenters. The maximum Gasteiger partial charge on any atom is 0.0354 e. The Hall–Kier alpha value is -0.470. The second kappa shape index (κ2) is 4.85. The molecule has 0 bridgehead atoms. The van der Waals surface area contributed by atoms with E-state index >= 15 is 0 Å². The Morgan fingerprint density at radius 2 is 2.14 bits per heavy atom. The molecule has 1 aromatic heterocycles. The molecule has 0 spiro atoms. The molecule has 0 N–H and O–H groups in total. The number of thioether (sulfide) groups is 1. The molecule has 0 saturated carbocycles. The lowest BCUT2D eigenvalue weighted by atomic mass is 10.3. The van der Waals surface area contributed by atoms with Gasteiger partial charge in [0.1, 0.15) is 0 Å². The molecule has 1 aromatic carbocycles. The summed E-state index contributed by atoms with van der Waals surface area (Å²) in [5.74, 6) is 1.25. The standard InChI is InChI=1S/C12H14S2/c1-2-3-8-13-12-9-14-11-7-5-4-6-10(11)12/h4-7,9H,2-3,8H2,1H3. The summed E-state index contributed by atoms with van der Waals surface area (Å²) in [6, 6.07) is 8.66. The van der Waals surface area contributed by atoms with Gasteiger partial charge in [0, 0.05) is 20.4 Å². The van der Waals surface area contributed by atoms with Crippen LogP contribution in [0.4, 0.5) is 0 Å². The first-order valence-electron chi connectivity index (χ1n) is 5.01. The normalized spacial score (nSPS) is 10.9. The van der Waals surface area contributed by atoms with Crippen molar-refractivity contribution in [2.45, 2.75) is 24.7 Å². The fourth-order valence-electron chi connectivity index (χ4n) is 1.39. The Morgan fingerprint density at radius 3 is 3.00 bits per heavy atom. The Labute approximate surface area is 93.3 Å². The van der Waals surface area contributed by atoms with E-state index in [9.17, 15) is 0 Å². The zero-order valence-electron chi connectivity index (χ0n) is 8.32. The molecule has 2 rings (SSSR count). The van der Waals surface area contributed by atoms with E-state index in [1.165, 1.54) is 33.6 Å². The average molecular weight is 222 g/mol. The van der Waals surface area contributed by atoms with Gasteiger partial charge in [-0.2, -0.15) is 0 Å². The number of hydrogen-bond donors (Lipinski definition) is 0. The van der Waals surface area contributed by atoms with Crippen molar-refractivity contribution >= 4 is 33.2 Å². The van der Waals surface area contributed by atoms with Crippen LogP contribution in [0.15, 0.2) is 34.5 Å². The SMILES string of the molecule is CCCCSc1csc2ccccc12. The Kier molecular flexibility index (Phi) is 3.49. The maximum absolute atomic E-state index is 2.28. The number of fused-ring (bicyclic) bond motifs is 1. The number of hydrogen-bond acceptors (Lipinski definition) is 2. The molecule has 0 aliphatic carbocycles. The van der Waals surface area contributed by atoms with Gasteiger partial charge in [-0.1, -0.05) is 31.5 Å². The zero-order valence-corrected chi connectivity index (χ0v) is 9.96. The first kappa shape index (κ1) is 10.1. The van der Waals surface area contributed by atoms with Gasteiger partial charge in [-0.25, -0.2) is 0 Å². The molecule has 0 radical (unpaired) electrons. The molecular formula is C12H14S2. The molecule has 0 saturated heterocycles. The van der Waals surface area contributed by atoms with Crippen LogP contribution in [0.3, 0.4) is 0 Å². The molecule has 74 valence electrons. The predicted octanol–water partition coefficient (Wildman–Crippen LogP) is 4.79. The van der Waals surface area contributed by atoms with Gasteiger partial charge in [-0.15, -0.1) is 23.1 Å².